The fourth-order valence-corrected chi connectivity index (χ4v) is 1.69. The van der Waals surface area contributed by atoms with E-state index in [1.807, 2.05) is 0 Å². The number of carbonyl (C=O) groups excluding carboxylic acids is 1. The molecule has 19 heavy (non-hydrogen) atoms. The number of halogens is 2. The van der Waals surface area contributed by atoms with Crippen LogP contribution in [0.1, 0.15) is 17.4 Å². The molecule has 0 saturated carbocycles. The van der Waals surface area contributed by atoms with Gasteiger partial charge in [0, 0.05) is 0 Å². The summed E-state index contributed by atoms with van der Waals surface area (Å²) in [7, 11) is 0. The Kier molecular flexibility index (Phi) is 4.16. The molecule has 0 aliphatic rings. The van der Waals surface area contributed by atoms with E-state index >= 15 is 0 Å². The van der Waals surface area contributed by atoms with Crippen molar-refractivity contribution in [2.24, 2.45) is 0 Å². The summed E-state index contributed by atoms with van der Waals surface area (Å²) >= 11 is 3.14. The minimum atomic E-state index is -0.598. The molecule has 0 N–H and O–H groups in total. The average Bonchev–Trinajstić information content (AvgIpc) is 2.82. The van der Waals surface area contributed by atoms with Crippen molar-refractivity contribution in [2.75, 3.05) is 6.61 Å². The van der Waals surface area contributed by atoms with Crippen LogP contribution in [-0.2, 0) is 4.74 Å². The highest BCUT2D eigenvalue weighted by atomic mass is 79.9. The lowest BCUT2D eigenvalue weighted by Crippen LogP contribution is -2.04. The molecule has 1 aromatic carbocycles. The molecule has 0 fully saturated rings. The Labute approximate surface area is 116 Å². The number of oxazole rings is 1. The van der Waals surface area contributed by atoms with Gasteiger partial charge in [-0.2, -0.15) is 4.98 Å². The summed E-state index contributed by atoms with van der Waals surface area (Å²) in [6.07, 6.45) is 1.00. The van der Waals surface area contributed by atoms with Crippen LogP contribution in [0.5, 0.6) is 11.8 Å². The van der Waals surface area contributed by atoms with Gasteiger partial charge in [-0.05, 0) is 41.1 Å². The molecule has 0 aliphatic carbocycles. The Morgan fingerprint density at radius 1 is 1.53 bits per heavy atom. The van der Waals surface area contributed by atoms with Crippen molar-refractivity contribution in [3.63, 3.8) is 0 Å². The van der Waals surface area contributed by atoms with Crippen molar-refractivity contribution in [2.45, 2.75) is 6.92 Å². The lowest BCUT2D eigenvalue weighted by molar-refractivity contribution is 0.0519. The molecular weight excluding hydrogens is 321 g/mol. The van der Waals surface area contributed by atoms with Crippen molar-refractivity contribution in [3.8, 4) is 11.8 Å². The van der Waals surface area contributed by atoms with Crippen molar-refractivity contribution >= 4 is 21.9 Å². The van der Waals surface area contributed by atoms with Gasteiger partial charge in [-0.1, -0.05) is 0 Å². The first kappa shape index (κ1) is 13.5. The first-order valence-electron chi connectivity index (χ1n) is 5.35. The number of ether oxygens (including phenoxy) is 2. The second-order valence-electron chi connectivity index (χ2n) is 3.40. The first-order valence-corrected chi connectivity index (χ1v) is 6.15. The SMILES string of the molecule is CCOC(=O)c1coc(Oc2ccc(F)cc2Br)n1. The van der Waals surface area contributed by atoms with Gasteiger partial charge in [0.1, 0.15) is 17.8 Å². The van der Waals surface area contributed by atoms with Crippen LogP contribution in [0.2, 0.25) is 0 Å². The van der Waals surface area contributed by atoms with E-state index in [4.69, 9.17) is 13.9 Å². The lowest BCUT2D eigenvalue weighted by Gasteiger charge is -2.02. The van der Waals surface area contributed by atoms with Crippen molar-refractivity contribution < 1.29 is 23.1 Å². The zero-order valence-electron chi connectivity index (χ0n) is 9.85. The molecule has 7 heteroatoms. The minimum absolute atomic E-state index is 0.00934. The van der Waals surface area contributed by atoms with Gasteiger partial charge in [0.25, 0.3) is 0 Å². The van der Waals surface area contributed by atoms with Crippen molar-refractivity contribution in [3.05, 3.63) is 40.4 Å². The average molecular weight is 330 g/mol. The predicted octanol–water partition coefficient (Wildman–Crippen LogP) is 3.55. The normalized spacial score (nSPS) is 10.3. The van der Waals surface area contributed by atoms with Crippen LogP contribution in [0.15, 0.2) is 33.4 Å². The molecule has 2 aromatic rings. The first-order chi connectivity index (χ1) is 9.10. The quantitative estimate of drug-likeness (QED) is 0.803. The second-order valence-corrected chi connectivity index (χ2v) is 4.25. The van der Waals surface area contributed by atoms with E-state index in [2.05, 4.69) is 20.9 Å². The summed E-state index contributed by atoms with van der Waals surface area (Å²) in [5.41, 5.74) is 0.00934. The van der Waals surface area contributed by atoms with Gasteiger partial charge >= 0.3 is 12.0 Å². The van der Waals surface area contributed by atoms with Crippen LogP contribution in [0.4, 0.5) is 4.39 Å². The zero-order chi connectivity index (χ0) is 13.8. The molecule has 0 atom stereocenters. The molecule has 0 radical (unpaired) electrons. The van der Waals surface area contributed by atoms with Gasteiger partial charge in [-0.25, -0.2) is 9.18 Å². The van der Waals surface area contributed by atoms with E-state index < -0.39 is 11.8 Å². The number of aromatic nitrogens is 1. The molecule has 0 spiro atoms. The Morgan fingerprint density at radius 2 is 2.32 bits per heavy atom. The standard InChI is InChI=1S/C12H9BrFNO4/c1-2-17-11(16)9-6-18-12(15-9)19-10-4-3-7(14)5-8(10)13/h3-6H,2H2,1H3. The monoisotopic (exact) mass is 329 g/mol. The molecule has 0 bridgehead atoms. The maximum absolute atomic E-state index is 12.9. The maximum Gasteiger partial charge on any atom is 0.399 e. The summed E-state index contributed by atoms with van der Waals surface area (Å²) in [5.74, 6) is -0.684. The number of nitrogens with zero attached hydrogens (tertiary/aromatic N) is 1. The summed E-state index contributed by atoms with van der Waals surface area (Å²) in [6.45, 7) is 1.93. The Hall–Kier alpha value is -1.89. The Bertz CT molecular complexity index is 599. The molecule has 0 saturated heterocycles. The summed E-state index contributed by atoms with van der Waals surface area (Å²) < 4.78 is 28.3. The second kappa shape index (κ2) is 5.83. The van der Waals surface area contributed by atoms with Crippen LogP contribution in [0.25, 0.3) is 0 Å². The molecule has 1 aromatic heterocycles. The fraction of sp³-hybridized carbons (Fsp3) is 0.167. The smallest absolute Gasteiger partial charge is 0.399 e. The molecule has 100 valence electrons. The van der Waals surface area contributed by atoms with Crippen LogP contribution in [-0.4, -0.2) is 17.6 Å². The molecule has 0 aliphatic heterocycles. The number of benzene rings is 1. The van der Waals surface area contributed by atoms with Crippen LogP contribution < -0.4 is 4.74 Å². The number of rotatable bonds is 4. The lowest BCUT2D eigenvalue weighted by atomic mass is 10.3. The molecule has 2 rings (SSSR count). The topological polar surface area (TPSA) is 61.6 Å². The Morgan fingerprint density at radius 3 is 3.00 bits per heavy atom. The highest BCUT2D eigenvalue weighted by Gasteiger charge is 2.15. The van der Waals surface area contributed by atoms with E-state index in [1.165, 1.54) is 18.2 Å². The summed E-state index contributed by atoms with van der Waals surface area (Å²) in [6, 6.07) is 3.88. The van der Waals surface area contributed by atoms with Crippen molar-refractivity contribution in [1.29, 1.82) is 0 Å². The molecule has 0 unspecified atom stereocenters. The van der Waals surface area contributed by atoms with Gasteiger partial charge in [-0.15, -0.1) is 0 Å². The third-order valence-corrected chi connectivity index (χ3v) is 2.68. The highest BCUT2D eigenvalue weighted by molar-refractivity contribution is 9.10. The Balaban J connectivity index is 2.13. The third kappa shape index (κ3) is 3.31. The van der Waals surface area contributed by atoms with E-state index in [-0.39, 0.29) is 18.4 Å². The van der Waals surface area contributed by atoms with E-state index in [0.29, 0.717) is 10.2 Å². The number of carbonyl (C=O) groups is 1. The maximum atomic E-state index is 12.9. The predicted molar refractivity (Wildman–Crippen MR) is 66.6 cm³/mol. The van der Waals surface area contributed by atoms with E-state index in [9.17, 15) is 9.18 Å². The van der Waals surface area contributed by atoms with Gasteiger partial charge < -0.3 is 13.9 Å². The summed E-state index contributed by atoms with van der Waals surface area (Å²) in [4.78, 5) is 15.2. The molecule has 5 nitrogen and oxygen atoms in total. The van der Waals surface area contributed by atoms with Crippen LogP contribution in [0.3, 0.4) is 0 Å². The molecular formula is C12H9BrFNO4. The third-order valence-electron chi connectivity index (χ3n) is 2.06. The van der Waals surface area contributed by atoms with Gasteiger partial charge in [0.15, 0.2) is 5.69 Å². The van der Waals surface area contributed by atoms with Crippen LogP contribution >= 0.6 is 15.9 Å². The van der Waals surface area contributed by atoms with E-state index in [1.54, 1.807) is 6.92 Å². The highest BCUT2D eigenvalue weighted by Crippen LogP contribution is 2.29. The summed E-state index contributed by atoms with van der Waals surface area (Å²) in [5, 5.41) is 0. The fourth-order valence-electron chi connectivity index (χ4n) is 1.25. The molecule has 0 amide bonds. The number of esters is 1. The van der Waals surface area contributed by atoms with Gasteiger partial charge in [0.2, 0.25) is 0 Å². The largest absolute Gasteiger partial charge is 0.461 e. The van der Waals surface area contributed by atoms with Crippen molar-refractivity contribution in [1.82, 2.24) is 4.98 Å². The number of hydrogen-bond acceptors (Lipinski definition) is 5. The molecule has 1 heterocycles. The van der Waals surface area contributed by atoms with Crippen LogP contribution in [0, 0.1) is 5.82 Å². The van der Waals surface area contributed by atoms with Gasteiger partial charge in [-0.3, -0.25) is 0 Å². The number of hydrogen-bond donors (Lipinski definition) is 0. The zero-order valence-corrected chi connectivity index (χ0v) is 11.4. The van der Waals surface area contributed by atoms with E-state index in [0.717, 1.165) is 6.26 Å². The van der Waals surface area contributed by atoms with Gasteiger partial charge in [0.05, 0.1) is 11.1 Å². The minimum Gasteiger partial charge on any atom is -0.461 e.